The second-order valence-corrected chi connectivity index (χ2v) is 6.39. The number of carbonyl (C=O) groups excluding carboxylic acids is 1. The van der Waals surface area contributed by atoms with Gasteiger partial charge in [-0.3, -0.25) is 9.69 Å². The highest BCUT2D eigenvalue weighted by atomic mass is 35.5. The molecule has 0 saturated carbocycles. The molecule has 0 atom stereocenters. The van der Waals surface area contributed by atoms with E-state index in [1.165, 1.54) is 0 Å². The summed E-state index contributed by atoms with van der Waals surface area (Å²) >= 11 is 11.7. The first-order valence-corrected chi connectivity index (χ1v) is 8.25. The van der Waals surface area contributed by atoms with E-state index >= 15 is 0 Å². The topological polar surface area (TPSA) is 36.4 Å². The molecule has 1 aliphatic heterocycles. The molecule has 1 amide bonds. The second kappa shape index (κ2) is 7.30. The average molecular weight is 350 g/mol. The molecule has 0 bridgehead atoms. The summed E-state index contributed by atoms with van der Waals surface area (Å²) in [6, 6.07) is 10.8. The maximum Gasteiger partial charge on any atom is 0.253 e. The van der Waals surface area contributed by atoms with Crippen LogP contribution in [0.1, 0.15) is 15.9 Å². The minimum atomic E-state index is 0.0643. The average Bonchev–Trinajstić information content (AvgIpc) is 2.58. The summed E-state index contributed by atoms with van der Waals surface area (Å²) < 4.78 is 0. The largest absolute Gasteiger partial charge is 0.336 e. The standard InChI is InChI=1S/C17H17Cl2N3O/c18-15-4-2-14(3-5-15)17(23)22-9-7-21(8-10-22)12-13-1-6-16(19)20-11-13/h1-6,11H,7-10,12H2. The van der Waals surface area contributed by atoms with Crippen LogP contribution in [-0.2, 0) is 6.54 Å². The van der Waals surface area contributed by atoms with Crippen molar-refractivity contribution in [1.29, 1.82) is 0 Å². The molecule has 1 aromatic carbocycles. The van der Waals surface area contributed by atoms with Gasteiger partial charge < -0.3 is 4.90 Å². The summed E-state index contributed by atoms with van der Waals surface area (Å²) in [4.78, 5) is 20.8. The molecule has 2 heterocycles. The van der Waals surface area contributed by atoms with Crippen LogP contribution in [0.4, 0.5) is 0 Å². The molecule has 120 valence electrons. The van der Waals surface area contributed by atoms with Crippen LogP contribution in [0.5, 0.6) is 0 Å². The quantitative estimate of drug-likeness (QED) is 0.797. The van der Waals surface area contributed by atoms with Crippen molar-refractivity contribution >= 4 is 29.1 Å². The number of halogens is 2. The number of hydrogen-bond acceptors (Lipinski definition) is 3. The van der Waals surface area contributed by atoms with Gasteiger partial charge in [-0.05, 0) is 35.9 Å². The minimum Gasteiger partial charge on any atom is -0.336 e. The lowest BCUT2D eigenvalue weighted by molar-refractivity contribution is 0.0628. The van der Waals surface area contributed by atoms with E-state index in [9.17, 15) is 4.79 Å². The summed E-state index contributed by atoms with van der Waals surface area (Å²) in [5.74, 6) is 0.0643. The molecule has 0 radical (unpaired) electrons. The minimum absolute atomic E-state index is 0.0643. The summed E-state index contributed by atoms with van der Waals surface area (Å²) in [6.45, 7) is 3.97. The molecule has 0 spiro atoms. The van der Waals surface area contributed by atoms with Gasteiger partial charge in [0.25, 0.3) is 5.91 Å². The highest BCUT2D eigenvalue weighted by molar-refractivity contribution is 6.30. The lowest BCUT2D eigenvalue weighted by atomic mass is 10.1. The molecule has 3 rings (SSSR count). The van der Waals surface area contributed by atoms with Crippen molar-refractivity contribution in [2.24, 2.45) is 0 Å². The molecule has 6 heteroatoms. The van der Waals surface area contributed by atoms with Crippen molar-refractivity contribution in [3.63, 3.8) is 0 Å². The Hall–Kier alpha value is -1.62. The first-order chi connectivity index (χ1) is 11.1. The van der Waals surface area contributed by atoms with Crippen LogP contribution in [0, 0.1) is 0 Å². The smallest absolute Gasteiger partial charge is 0.253 e. The zero-order valence-corrected chi connectivity index (χ0v) is 14.1. The van der Waals surface area contributed by atoms with Crippen LogP contribution in [0.15, 0.2) is 42.6 Å². The van der Waals surface area contributed by atoms with E-state index < -0.39 is 0 Å². The van der Waals surface area contributed by atoms with Crippen molar-refractivity contribution in [3.05, 3.63) is 63.9 Å². The fourth-order valence-corrected chi connectivity index (χ4v) is 2.88. The fourth-order valence-electron chi connectivity index (χ4n) is 2.64. The van der Waals surface area contributed by atoms with E-state index in [2.05, 4.69) is 9.88 Å². The third kappa shape index (κ3) is 4.22. The van der Waals surface area contributed by atoms with Crippen LogP contribution in [-0.4, -0.2) is 46.9 Å². The predicted octanol–water partition coefficient (Wildman–Crippen LogP) is 3.35. The van der Waals surface area contributed by atoms with Gasteiger partial charge >= 0.3 is 0 Å². The zero-order valence-electron chi connectivity index (χ0n) is 12.6. The lowest BCUT2D eigenvalue weighted by Gasteiger charge is -2.34. The molecule has 0 N–H and O–H groups in total. The van der Waals surface area contributed by atoms with Crippen molar-refractivity contribution in [2.75, 3.05) is 26.2 Å². The van der Waals surface area contributed by atoms with E-state index in [4.69, 9.17) is 23.2 Å². The molecule has 0 aliphatic carbocycles. The third-order valence-electron chi connectivity index (χ3n) is 3.95. The van der Waals surface area contributed by atoms with Gasteiger partial charge in [0, 0.05) is 49.5 Å². The molecule has 4 nitrogen and oxygen atoms in total. The van der Waals surface area contributed by atoms with Crippen molar-refractivity contribution in [3.8, 4) is 0 Å². The van der Waals surface area contributed by atoms with Gasteiger partial charge in [0.05, 0.1) is 0 Å². The Morgan fingerprint density at radius 3 is 2.30 bits per heavy atom. The van der Waals surface area contributed by atoms with E-state index in [-0.39, 0.29) is 5.91 Å². The number of carbonyl (C=O) groups is 1. The Labute approximate surface area is 145 Å². The maximum absolute atomic E-state index is 12.5. The van der Waals surface area contributed by atoms with Gasteiger partial charge in [0.2, 0.25) is 0 Å². The highest BCUT2D eigenvalue weighted by Crippen LogP contribution is 2.14. The van der Waals surface area contributed by atoms with Gasteiger partial charge in [0.1, 0.15) is 5.15 Å². The van der Waals surface area contributed by atoms with Crippen LogP contribution < -0.4 is 0 Å². The summed E-state index contributed by atoms with van der Waals surface area (Å²) in [5.41, 5.74) is 1.82. The molecule has 1 fully saturated rings. The van der Waals surface area contributed by atoms with Crippen LogP contribution in [0.25, 0.3) is 0 Å². The molecular formula is C17H17Cl2N3O. The van der Waals surface area contributed by atoms with Crippen molar-refractivity contribution < 1.29 is 4.79 Å². The van der Waals surface area contributed by atoms with Gasteiger partial charge in [-0.1, -0.05) is 29.3 Å². The monoisotopic (exact) mass is 349 g/mol. The molecular weight excluding hydrogens is 333 g/mol. The van der Waals surface area contributed by atoms with Gasteiger partial charge in [-0.15, -0.1) is 0 Å². The summed E-state index contributed by atoms with van der Waals surface area (Å²) in [6.07, 6.45) is 1.80. The van der Waals surface area contributed by atoms with E-state index in [1.807, 2.05) is 11.0 Å². The van der Waals surface area contributed by atoms with Crippen LogP contribution in [0.3, 0.4) is 0 Å². The summed E-state index contributed by atoms with van der Waals surface area (Å²) in [5, 5.41) is 1.15. The first-order valence-electron chi connectivity index (χ1n) is 7.49. The Kier molecular flexibility index (Phi) is 5.16. The van der Waals surface area contributed by atoms with Crippen LogP contribution >= 0.6 is 23.2 Å². The predicted molar refractivity (Wildman–Crippen MR) is 91.9 cm³/mol. The van der Waals surface area contributed by atoms with E-state index in [1.54, 1.807) is 36.5 Å². The fraction of sp³-hybridized carbons (Fsp3) is 0.294. The first kappa shape index (κ1) is 16.2. The number of nitrogens with zero attached hydrogens (tertiary/aromatic N) is 3. The number of amides is 1. The number of benzene rings is 1. The molecule has 1 saturated heterocycles. The van der Waals surface area contributed by atoms with Crippen LogP contribution in [0.2, 0.25) is 10.2 Å². The number of piperazine rings is 1. The van der Waals surface area contributed by atoms with E-state index in [0.29, 0.717) is 15.7 Å². The second-order valence-electron chi connectivity index (χ2n) is 5.56. The maximum atomic E-state index is 12.5. The van der Waals surface area contributed by atoms with Gasteiger partial charge in [0.15, 0.2) is 0 Å². The molecule has 1 aliphatic rings. The van der Waals surface area contributed by atoms with Crippen molar-refractivity contribution in [1.82, 2.24) is 14.8 Å². The molecule has 0 unspecified atom stereocenters. The van der Waals surface area contributed by atoms with Gasteiger partial charge in [-0.25, -0.2) is 4.98 Å². The number of hydrogen-bond donors (Lipinski definition) is 0. The number of pyridine rings is 1. The Bertz CT molecular complexity index is 665. The normalized spacial score (nSPS) is 15.7. The van der Waals surface area contributed by atoms with Gasteiger partial charge in [-0.2, -0.15) is 0 Å². The Balaban J connectivity index is 1.54. The summed E-state index contributed by atoms with van der Waals surface area (Å²) in [7, 11) is 0. The number of rotatable bonds is 3. The van der Waals surface area contributed by atoms with E-state index in [0.717, 1.165) is 38.3 Å². The highest BCUT2D eigenvalue weighted by Gasteiger charge is 2.22. The molecule has 1 aromatic heterocycles. The molecule has 2 aromatic rings. The zero-order chi connectivity index (χ0) is 16.2. The lowest BCUT2D eigenvalue weighted by Crippen LogP contribution is -2.48. The Morgan fingerprint density at radius 2 is 1.70 bits per heavy atom. The van der Waals surface area contributed by atoms with Crippen molar-refractivity contribution in [2.45, 2.75) is 6.54 Å². The SMILES string of the molecule is O=C(c1ccc(Cl)cc1)N1CCN(Cc2ccc(Cl)nc2)CC1. The third-order valence-corrected chi connectivity index (χ3v) is 4.42. The Morgan fingerprint density at radius 1 is 1.00 bits per heavy atom. The number of aromatic nitrogens is 1. The molecule has 23 heavy (non-hydrogen) atoms.